The molecule has 3 aromatic rings. The monoisotopic (exact) mass is 398 g/mol. The van der Waals surface area contributed by atoms with Crippen molar-refractivity contribution in [1.82, 2.24) is 20.1 Å². The Morgan fingerprint density at radius 3 is 2.89 bits per heavy atom. The molecular formula is C20H19ClN4O3. The molecule has 2 atom stereocenters. The summed E-state index contributed by atoms with van der Waals surface area (Å²) >= 11 is 6.68. The highest BCUT2D eigenvalue weighted by atomic mass is 35.5. The van der Waals surface area contributed by atoms with E-state index in [4.69, 9.17) is 16.3 Å². The summed E-state index contributed by atoms with van der Waals surface area (Å²) in [7, 11) is 1.62. The molecule has 144 valence electrons. The van der Waals surface area contributed by atoms with E-state index in [2.05, 4.69) is 21.8 Å². The summed E-state index contributed by atoms with van der Waals surface area (Å²) in [6.07, 6.45) is 1.10. The summed E-state index contributed by atoms with van der Waals surface area (Å²) in [5, 5.41) is 19.7. The fraction of sp³-hybridized carbons (Fsp3) is 0.250. The van der Waals surface area contributed by atoms with Crippen molar-refractivity contribution in [2.75, 3.05) is 20.2 Å². The van der Waals surface area contributed by atoms with Gasteiger partial charge in [0, 0.05) is 42.8 Å². The molecule has 0 saturated carbocycles. The second-order valence-electron chi connectivity index (χ2n) is 6.69. The number of amides is 1. The van der Waals surface area contributed by atoms with Crippen LogP contribution in [0.2, 0.25) is 5.02 Å². The van der Waals surface area contributed by atoms with Gasteiger partial charge in [-0.1, -0.05) is 30.3 Å². The molecule has 1 saturated heterocycles. The zero-order valence-electron chi connectivity index (χ0n) is 15.2. The Morgan fingerprint density at radius 2 is 2.18 bits per heavy atom. The molecule has 1 aromatic carbocycles. The number of hydrogen-bond acceptors (Lipinski definition) is 5. The number of halogens is 1. The summed E-state index contributed by atoms with van der Waals surface area (Å²) < 4.78 is 5.59. The van der Waals surface area contributed by atoms with Crippen molar-refractivity contribution in [2.45, 2.75) is 12.0 Å². The van der Waals surface area contributed by atoms with Gasteiger partial charge in [0.15, 0.2) is 5.65 Å². The number of phenols is 1. The predicted molar refractivity (Wildman–Crippen MR) is 106 cm³/mol. The number of carbonyl (C=O) groups excluding carboxylic acids is 1. The van der Waals surface area contributed by atoms with E-state index in [1.165, 1.54) is 6.08 Å². The van der Waals surface area contributed by atoms with Crippen molar-refractivity contribution >= 4 is 28.5 Å². The van der Waals surface area contributed by atoms with Gasteiger partial charge in [0.25, 0.3) is 0 Å². The van der Waals surface area contributed by atoms with E-state index in [1.807, 2.05) is 6.07 Å². The van der Waals surface area contributed by atoms with E-state index in [0.29, 0.717) is 40.4 Å². The smallest absolute Gasteiger partial charge is 0.246 e. The van der Waals surface area contributed by atoms with Crippen LogP contribution in [-0.4, -0.2) is 57.4 Å². The fourth-order valence-electron chi connectivity index (χ4n) is 3.66. The van der Waals surface area contributed by atoms with Gasteiger partial charge in [-0.25, -0.2) is 0 Å². The lowest BCUT2D eigenvalue weighted by molar-refractivity contribution is -0.125. The summed E-state index contributed by atoms with van der Waals surface area (Å²) in [5.74, 6) is -0.139. The van der Waals surface area contributed by atoms with E-state index in [-0.39, 0.29) is 23.7 Å². The first-order chi connectivity index (χ1) is 13.5. The van der Waals surface area contributed by atoms with Gasteiger partial charge in [-0.15, -0.1) is 10.2 Å². The standard InChI is InChI=1S/C20H19ClN4O3/c1-3-17(27)25-9-13(16(10-25)28-2)19-18(21)12-8-14(23-24-20(12)22-19)11-6-4-5-7-15(11)26/h3-8,13,16,26H,1,9-10H2,2H3,(H,22,24)/t13-,16+/m0/s1. The number of aromatic hydroxyl groups is 1. The number of rotatable bonds is 4. The first kappa shape index (κ1) is 18.5. The summed E-state index contributed by atoms with van der Waals surface area (Å²) in [6.45, 7) is 4.48. The lowest BCUT2D eigenvalue weighted by atomic mass is 10.0. The van der Waals surface area contributed by atoms with Crippen molar-refractivity contribution in [1.29, 1.82) is 0 Å². The van der Waals surface area contributed by atoms with Gasteiger partial charge in [0.1, 0.15) is 5.75 Å². The number of benzene rings is 1. The van der Waals surface area contributed by atoms with Crippen LogP contribution in [0.4, 0.5) is 0 Å². The average molecular weight is 399 g/mol. The van der Waals surface area contributed by atoms with Gasteiger partial charge in [-0.05, 0) is 24.3 Å². The minimum absolute atomic E-state index is 0.121. The van der Waals surface area contributed by atoms with Gasteiger partial charge < -0.3 is 19.7 Å². The molecule has 4 rings (SSSR count). The van der Waals surface area contributed by atoms with Crippen molar-refractivity contribution in [3.05, 3.63) is 53.7 Å². The Kier molecular flexibility index (Phi) is 4.78. The molecular weight excluding hydrogens is 380 g/mol. The zero-order chi connectivity index (χ0) is 19.8. The maximum atomic E-state index is 12.0. The SMILES string of the molecule is C=CC(=O)N1C[C@H](c2[nH]c3nnc(-c4ccccc4O)cc3c2Cl)[C@H](OC)C1. The van der Waals surface area contributed by atoms with Crippen LogP contribution in [0.1, 0.15) is 11.6 Å². The second kappa shape index (κ2) is 7.26. The van der Waals surface area contributed by atoms with Gasteiger partial charge in [-0.3, -0.25) is 4.79 Å². The van der Waals surface area contributed by atoms with Gasteiger partial charge in [-0.2, -0.15) is 0 Å². The van der Waals surface area contributed by atoms with Crippen LogP contribution in [0.5, 0.6) is 5.75 Å². The van der Waals surface area contributed by atoms with Crippen molar-refractivity contribution in [3.63, 3.8) is 0 Å². The molecule has 0 aliphatic carbocycles. The third-order valence-corrected chi connectivity index (χ3v) is 5.53. The number of nitrogens with one attached hydrogen (secondary N) is 1. The third kappa shape index (κ3) is 3.02. The maximum absolute atomic E-state index is 12.0. The lowest BCUT2D eigenvalue weighted by Gasteiger charge is -2.15. The highest BCUT2D eigenvalue weighted by Crippen LogP contribution is 2.38. The fourth-order valence-corrected chi connectivity index (χ4v) is 3.99. The van der Waals surface area contributed by atoms with Crippen molar-refractivity contribution in [2.24, 2.45) is 0 Å². The molecule has 1 aliphatic rings. The molecule has 1 fully saturated rings. The first-order valence-electron chi connectivity index (χ1n) is 8.80. The van der Waals surface area contributed by atoms with Crippen LogP contribution < -0.4 is 0 Å². The van der Waals surface area contributed by atoms with Crippen LogP contribution in [0, 0.1) is 0 Å². The number of H-pyrrole nitrogens is 1. The molecule has 0 bridgehead atoms. The van der Waals surface area contributed by atoms with Crippen LogP contribution >= 0.6 is 11.6 Å². The Morgan fingerprint density at radius 1 is 1.39 bits per heavy atom. The molecule has 0 radical (unpaired) electrons. The number of phenolic OH excluding ortho intramolecular Hbond substituents is 1. The highest BCUT2D eigenvalue weighted by Gasteiger charge is 2.38. The summed E-state index contributed by atoms with van der Waals surface area (Å²) in [6, 6.07) is 8.72. The van der Waals surface area contributed by atoms with E-state index in [9.17, 15) is 9.90 Å². The van der Waals surface area contributed by atoms with Crippen LogP contribution in [0.25, 0.3) is 22.3 Å². The van der Waals surface area contributed by atoms with Gasteiger partial charge >= 0.3 is 0 Å². The molecule has 0 spiro atoms. The minimum atomic E-state index is -0.194. The normalized spacial score (nSPS) is 19.3. The van der Waals surface area contributed by atoms with E-state index >= 15 is 0 Å². The topological polar surface area (TPSA) is 91.3 Å². The number of aromatic nitrogens is 3. The molecule has 2 N–H and O–H groups in total. The Labute approximate surface area is 166 Å². The number of aromatic amines is 1. The number of likely N-dealkylation sites (tertiary alicyclic amines) is 1. The Balaban J connectivity index is 1.75. The number of fused-ring (bicyclic) bond motifs is 1. The number of hydrogen-bond donors (Lipinski definition) is 2. The van der Waals surface area contributed by atoms with E-state index in [1.54, 1.807) is 36.3 Å². The minimum Gasteiger partial charge on any atom is -0.507 e. The number of ether oxygens (including phenoxy) is 1. The van der Waals surface area contributed by atoms with Crippen molar-refractivity contribution < 1.29 is 14.6 Å². The molecule has 28 heavy (non-hydrogen) atoms. The number of carbonyl (C=O) groups is 1. The Hall–Kier alpha value is -2.90. The maximum Gasteiger partial charge on any atom is 0.246 e. The predicted octanol–water partition coefficient (Wildman–Crippen LogP) is 3.11. The van der Waals surface area contributed by atoms with E-state index in [0.717, 1.165) is 5.69 Å². The molecule has 3 heterocycles. The molecule has 2 aromatic heterocycles. The number of nitrogens with zero attached hydrogens (tertiary/aromatic N) is 3. The van der Waals surface area contributed by atoms with E-state index < -0.39 is 0 Å². The highest BCUT2D eigenvalue weighted by molar-refractivity contribution is 6.36. The van der Waals surface area contributed by atoms with Crippen LogP contribution in [0.3, 0.4) is 0 Å². The van der Waals surface area contributed by atoms with Crippen molar-refractivity contribution in [3.8, 4) is 17.0 Å². The zero-order valence-corrected chi connectivity index (χ0v) is 16.0. The number of para-hydroxylation sites is 1. The van der Waals surface area contributed by atoms with Crippen LogP contribution in [0.15, 0.2) is 43.0 Å². The molecule has 1 amide bonds. The van der Waals surface area contributed by atoms with Gasteiger partial charge in [0.05, 0.1) is 16.8 Å². The largest absolute Gasteiger partial charge is 0.507 e. The average Bonchev–Trinajstić information content (AvgIpc) is 3.28. The van der Waals surface area contributed by atoms with Crippen LogP contribution in [-0.2, 0) is 9.53 Å². The molecule has 1 aliphatic heterocycles. The second-order valence-corrected chi connectivity index (χ2v) is 7.07. The third-order valence-electron chi connectivity index (χ3n) is 5.13. The quantitative estimate of drug-likeness (QED) is 0.659. The lowest BCUT2D eigenvalue weighted by Crippen LogP contribution is -2.28. The first-order valence-corrected chi connectivity index (χ1v) is 9.18. The molecule has 8 heteroatoms. The Bertz CT molecular complexity index is 1060. The van der Waals surface area contributed by atoms with Gasteiger partial charge in [0.2, 0.25) is 5.91 Å². The summed E-state index contributed by atoms with van der Waals surface area (Å²) in [5.41, 5.74) is 2.40. The molecule has 7 nitrogen and oxygen atoms in total. The summed E-state index contributed by atoms with van der Waals surface area (Å²) in [4.78, 5) is 16.9. The number of methoxy groups -OCH3 is 1. The molecule has 0 unspecified atom stereocenters.